The van der Waals surface area contributed by atoms with Crippen LogP contribution in [0.15, 0.2) is 11.6 Å². The first kappa shape index (κ1) is 16.3. The highest BCUT2D eigenvalue weighted by atomic mass is 32.2. The molecule has 1 N–H and O–H groups in total. The van der Waals surface area contributed by atoms with Crippen molar-refractivity contribution in [3.8, 4) is 0 Å². The first-order chi connectivity index (χ1) is 10.5. The van der Waals surface area contributed by atoms with E-state index in [-0.39, 0.29) is 11.5 Å². The molecule has 0 aromatic rings. The molecule has 3 heterocycles. The van der Waals surface area contributed by atoms with Gasteiger partial charge in [-0.15, -0.1) is 0 Å². The highest BCUT2D eigenvalue weighted by Gasteiger charge is 2.62. The third-order valence-electron chi connectivity index (χ3n) is 5.42. The zero-order valence-corrected chi connectivity index (χ0v) is 14.7. The smallest absolute Gasteiger partial charge is 0.229 e. The summed E-state index contributed by atoms with van der Waals surface area (Å²) < 4.78 is 6.41. The van der Waals surface area contributed by atoms with Gasteiger partial charge in [-0.2, -0.15) is 11.8 Å². The molecule has 4 atom stereocenters. The summed E-state index contributed by atoms with van der Waals surface area (Å²) >= 11 is 1.58. The van der Waals surface area contributed by atoms with Crippen LogP contribution in [-0.2, 0) is 9.53 Å². The lowest BCUT2D eigenvalue weighted by Crippen LogP contribution is -2.42. The van der Waals surface area contributed by atoms with Crippen molar-refractivity contribution in [3.05, 3.63) is 11.6 Å². The minimum atomic E-state index is 0.0784. The van der Waals surface area contributed by atoms with E-state index in [4.69, 9.17) is 4.74 Å². The molecule has 2 bridgehead atoms. The molecule has 0 aromatic heterocycles. The SMILES string of the molecule is CSCC(=O)NC[C@H]1[C@H]2CN(CC=C(C)C)C[C@]23CC[C@H]1O3. The third kappa shape index (κ3) is 3.08. The molecule has 3 saturated heterocycles. The molecule has 3 aliphatic heterocycles. The minimum absolute atomic E-state index is 0.0784. The van der Waals surface area contributed by atoms with E-state index in [1.54, 1.807) is 11.8 Å². The summed E-state index contributed by atoms with van der Waals surface area (Å²) in [5, 5.41) is 3.11. The van der Waals surface area contributed by atoms with Gasteiger partial charge >= 0.3 is 0 Å². The van der Waals surface area contributed by atoms with Crippen molar-refractivity contribution in [1.29, 1.82) is 0 Å². The number of allylic oxidation sites excluding steroid dienone is 1. The molecule has 5 heteroatoms. The van der Waals surface area contributed by atoms with E-state index in [0.717, 1.165) is 32.6 Å². The average molecular weight is 324 g/mol. The Balaban J connectivity index is 1.60. The summed E-state index contributed by atoms with van der Waals surface area (Å²) in [6.07, 6.45) is 7.00. The molecule has 3 rings (SSSR count). The summed E-state index contributed by atoms with van der Waals surface area (Å²) in [5.41, 5.74) is 1.45. The Kier molecular flexibility index (Phi) is 4.86. The number of nitrogens with zero attached hydrogens (tertiary/aromatic N) is 1. The number of likely N-dealkylation sites (tertiary alicyclic amines) is 1. The highest BCUT2D eigenvalue weighted by Crippen LogP contribution is 2.54. The van der Waals surface area contributed by atoms with Crippen LogP contribution >= 0.6 is 11.8 Å². The van der Waals surface area contributed by atoms with Gasteiger partial charge in [0.1, 0.15) is 0 Å². The fourth-order valence-corrected chi connectivity index (χ4v) is 4.79. The topological polar surface area (TPSA) is 41.6 Å². The monoisotopic (exact) mass is 324 g/mol. The van der Waals surface area contributed by atoms with E-state index < -0.39 is 0 Å². The van der Waals surface area contributed by atoms with Crippen LogP contribution in [0.1, 0.15) is 26.7 Å². The molecule has 124 valence electrons. The van der Waals surface area contributed by atoms with Crippen LogP contribution in [-0.4, -0.2) is 60.7 Å². The number of carbonyl (C=O) groups excluding carboxylic acids is 1. The number of rotatable bonds is 6. The summed E-state index contributed by atoms with van der Waals surface area (Å²) in [7, 11) is 0. The molecule has 0 aromatic carbocycles. The Morgan fingerprint density at radius 1 is 1.50 bits per heavy atom. The second-order valence-corrected chi connectivity index (χ2v) is 8.11. The number of hydrogen-bond acceptors (Lipinski definition) is 4. The van der Waals surface area contributed by atoms with Crippen LogP contribution in [0.2, 0.25) is 0 Å². The summed E-state index contributed by atoms with van der Waals surface area (Å²) in [5.74, 6) is 1.80. The van der Waals surface area contributed by atoms with Gasteiger partial charge in [0.05, 0.1) is 17.5 Å². The van der Waals surface area contributed by atoms with E-state index in [0.29, 0.717) is 23.7 Å². The van der Waals surface area contributed by atoms with Gasteiger partial charge in [0.15, 0.2) is 0 Å². The summed E-state index contributed by atoms with van der Waals surface area (Å²) in [6.45, 7) is 8.30. The number of nitrogens with one attached hydrogen (secondary N) is 1. The standard InChI is InChI=1S/C17H28N2O2S/c1-12(2)5-7-19-9-14-13(8-18-16(20)10-22-3)15-4-6-17(14,11-19)21-15/h5,13-15H,4,6-11H2,1-3H3,(H,18,20)/t13-,14+,15+,17+/m0/s1. The van der Waals surface area contributed by atoms with E-state index in [2.05, 4.69) is 30.1 Å². The van der Waals surface area contributed by atoms with Crippen molar-refractivity contribution in [2.75, 3.05) is 38.2 Å². The maximum Gasteiger partial charge on any atom is 0.229 e. The van der Waals surface area contributed by atoms with Crippen LogP contribution in [0.4, 0.5) is 0 Å². The Morgan fingerprint density at radius 2 is 2.32 bits per heavy atom. The number of hydrogen-bond donors (Lipinski definition) is 1. The molecule has 4 nitrogen and oxygen atoms in total. The molecule has 1 spiro atoms. The van der Waals surface area contributed by atoms with Gasteiger partial charge in [-0.1, -0.05) is 11.6 Å². The highest BCUT2D eigenvalue weighted by molar-refractivity contribution is 7.99. The van der Waals surface area contributed by atoms with E-state index in [1.807, 2.05) is 6.26 Å². The van der Waals surface area contributed by atoms with Crippen LogP contribution in [0.5, 0.6) is 0 Å². The lowest BCUT2D eigenvalue weighted by atomic mass is 9.73. The summed E-state index contributed by atoms with van der Waals surface area (Å²) in [6, 6.07) is 0. The lowest BCUT2D eigenvalue weighted by molar-refractivity contribution is -0.118. The summed E-state index contributed by atoms with van der Waals surface area (Å²) in [4.78, 5) is 14.3. The van der Waals surface area contributed by atoms with Gasteiger partial charge in [0.25, 0.3) is 0 Å². The molecule has 3 fully saturated rings. The Labute approximate surface area is 138 Å². The van der Waals surface area contributed by atoms with Crippen molar-refractivity contribution in [2.45, 2.75) is 38.4 Å². The van der Waals surface area contributed by atoms with E-state index >= 15 is 0 Å². The van der Waals surface area contributed by atoms with Gasteiger partial charge in [0, 0.05) is 38.0 Å². The van der Waals surface area contributed by atoms with Crippen LogP contribution in [0.3, 0.4) is 0 Å². The van der Waals surface area contributed by atoms with Crippen LogP contribution in [0, 0.1) is 11.8 Å². The van der Waals surface area contributed by atoms with Gasteiger partial charge in [-0.25, -0.2) is 0 Å². The number of fused-ring (bicyclic) bond motifs is 1. The van der Waals surface area contributed by atoms with Crippen molar-refractivity contribution in [1.82, 2.24) is 10.2 Å². The quantitative estimate of drug-likeness (QED) is 0.758. The lowest BCUT2D eigenvalue weighted by Gasteiger charge is -2.29. The van der Waals surface area contributed by atoms with Crippen LogP contribution < -0.4 is 5.32 Å². The number of ether oxygens (including phenoxy) is 1. The number of thioether (sulfide) groups is 1. The Hall–Kier alpha value is -0.520. The molecule has 0 unspecified atom stereocenters. The molecule has 0 saturated carbocycles. The zero-order valence-electron chi connectivity index (χ0n) is 13.9. The Morgan fingerprint density at radius 3 is 3.05 bits per heavy atom. The molecular formula is C17H28N2O2S. The van der Waals surface area contributed by atoms with Crippen molar-refractivity contribution < 1.29 is 9.53 Å². The van der Waals surface area contributed by atoms with Crippen molar-refractivity contribution >= 4 is 17.7 Å². The molecule has 3 aliphatic rings. The van der Waals surface area contributed by atoms with Gasteiger partial charge < -0.3 is 10.1 Å². The maximum absolute atomic E-state index is 11.7. The van der Waals surface area contributed by atoms with Crippen molar-refractivity contribution in [2.24, 2.45) is 11.8 Å². The molecule has 1 amide bonds. The second-order valence-electron chi connectivity index (χ2n) is 7.24. The van der Waals surface area contributed by atoms with E-state index in [9.17, 15) is 4.79 Å². The van der Waals surface area contributed by atoms with Gasteiger partial charge in [-0.05, 0) is 32.9 Å². The Bertz CT molecular complexity index is 464. The van der Waals surface area contributed by atoms with Crippen molar-refractivity contribution in [3.63, 3.8) is 0 Å². The normalized spacial score (nSPS) is 36.4. The largest absolute Gasteiger partial charge is 0.370 e. The van der Waals surface area contributed by atoms with Crippen LogP contribution in [0.25, 0.3) is 0 Å². The second kappa shape index (κ2) is 6.54. The minimum Gasteiger partial charge on any atom is -0.370 e. The fraction of sp³-hybridized carbons (Fsp3) is 0.824. The predicted octanol–water partition coefficient (Wildman–Crippen LogP) is 1.91. The molecule has 0 aliphatic carbocycles. The van der Waals surface area contributed by atoms with Gasteiger partial charge in [-0.3, -0.25) is 9.69 Å². The molecule has 22 heavy (non-hydrogen) atoms. The predicted molar refractivity (Wildman–Crippen MR) is 91.1 cm³/mol. The first-order valence-electron chi connectivity index (χ1n) is 8.33. The third-order valence-corrected chi connectivity index (χ3v) is 5.97. The molecule has 0 radical (unpaired) electrons. The zero-order chi connectivity index (χ0) is 15.7. The number of amides is 1. The van der Waals surface area contributed by atoms with E-state index in [1.165, 1.54) is 12.0 Å². The van der Waals surface area contributed by atoms with Gasteiger partial charge in [0.2, 0.25) is 5.91 Å². The first-order valence-corrected chi connectivity index (χ1v) is 9.72. The maximum atomic E-state index is 11.7. The average Bonchev–Trinajstić information content (AvgIpc) is 3.10. The molecular weight excluding hydrogens is 296 g/mol. The number of carbonyl (C=O) groups is 1. The fourth-order valence-electron chi connectivity index (χ4n) is 4.42.